The van der Waals surface area contributed by atoms with Crippen LogP contribution in [0.25, 0.3) is 0 Å². The normalized spacial score (nSPS) is 22.4. The Morgan fingerprint density at radius 3 is 2.54 bits per heavy atom. The molecule has 2 aliphatic heterocycles. The molecule has 0 aliphatic carbocycles. The van der Waals surface area contributed by atoms with E-state index in [1.807, 2.05) is 23.1 Å². The first-order chi connectivity index (χ1) is 13.7. The molecule has 28 heavy (non-hydrogen) atoms. The van der Waals surface area contributed by atoms with Crippen LogP contribution in [-0.4, -0.2) is 71.3 Å². The van der Waals surface area contributed by atoms with Crippen molar-refractivity contribution in [1.82, 2.24) is 15.0 Å². The maximum atomic E-state index is 13.0. The number of benzene rings is 1. The molecule has 1 aromatic heterocycles. The number of carboxylic acid groups (broad SMARTS) is 1. The minimum Gasteiger partial charge on any atom is -0.483 e. The fourth-order valence-corrected chi connectivity index (χ4v) is 3.85. The highest BCUT2D eigenvalue weighted by Crippen LogP contribution is 2.31. The second-order valence-corrected chi connectivity index (χ2v) is 6.76. The van der Waals surface area contributed by atoms with E-state index >= 15 is 0 Å². The molecule has 2 aliphatic rings. The predicted molar refractivity (Wildman–Crippen MR) is 101 cm³/mol. The average molecular weight is 387 g/mol. The third-order valence-corrected chi connectivity index (χ3v) is 5.05. The van der Waals surface area contributed by atoms with Crippen LogP contribution in [0.15, 0.2) is 47.2 Å². The molecule has 2 atom stereocenters. The Balaban J connectivity index is 0.000000706. The SMILES string of the molecule is O=C(c1ccon1)N1CCO[C@@H](CN2CCCC2)[C@@H]1c1ccccc1.O=CO. The van der Waals surface area contributed by atoms with Gasteiger partial charge in [-0.05, 0) is 31.5 Å². The Morgan fingerprint density at radius 2 is 1.89 bits per heavy atom. The Morgan fingerprint density at radius 1 is 1.18 bits per heavy atom. The fraction of sp³-hybridized carbons (Fsp3) is 0.450. The summed E-state index contributed by atoms with van der Waals surface area (Å²) < 4.78 is 11.0. The van der Waals surface area contributed by atoms with E-state index in [2.05, 4.69) is 22.2 Å². The lowest BCUT2D eigenvalue weighted by Gasteiger charge is -2.42. The van der Waals surface area contributed by atoms with Crippen LogP contribution in [0.1, 0.15) is 34.9 Å². The molecule has 8 nitrogen and oxygen atoms in total. The zero-order valence-electron chi connectivity index (χ0n) is 15.6. The summed E-state index contributed by atoms with van der Waals surface area (Å²) in [5, 5.41) is 10.7. The molecule has 150 valence electrons. The fourth-order valence-electron chi connectivity index (χ4n) is 3.85. The molecular weight excluding hydrogens is 362 g/mol. The van der Waals surface area contributed by atoms with Crippen molar-refractivity contribution in [3.8, 4) is 0 Å². The second-order valence-electron chi connectivity index (χ2n) is 6.76. The molecule has 0 spiro atoms. The molecule has 0 radical (unpaired) electrons. The van der Waals surface area contributed by atoms with Crippen LogP contribution in [0.4, 0.5) is 0 Å². The molecule has 2 saturated heterocycles. The maximum absolute atomic E-state index is 13.0. The van der Waals surface area contributed by atoms with Crippen LogP contribution in [0.3, 0.4) is 0 Å². The lowest BCUT2D eigenvalue weighted by Crippen LogP contribution is -2.51. The summed E-state index contributed by atoms with van der Waals surface area (Å²) >= 11 is 0. The number of carbonyl (C=O) groups is 2. The van der Waals surface area contributed by atoms with E-state index in [4.69, 9.17) is 19.2 Å². The van der Waals surface area contributed by atoms with Gasteiger partial charge in [0.2, 0.25) is 0 Å². The van der Waals surface area contributed by atoms with Gasteiger partial charge in [0.15, 0.2) is 5.69 Å². The van der Waals surface area contributed by atoms with Crippen molar-refractivity contribution in [3.05, 3.63) is 53.9 Å². The van der Waals surface area contributed by atoms with Crippen LogP contribution in [0, 0.1) is 0 Å². The number of ether oxygens (including phenoxy) is 1. The van der Waals surface area contributed by atoms with Crippen LogP contribution < -0.4 is 0 Å². The summed E-state index contributed by atoms with van der Waals surface area (Å²) in [5.74, 6) is -0.0997. The van der Waals surface area contributed by atoms with Gasteiger partial charge >= 0.3 is 0 Å². The van der Waals surface area contributed by atoms with E-state index in [9.17, 15) is 4.79 Å². The van der Waals surface area contributed by atoms with Crippen LogP contribution in [0.5, 0.6) is 0 Å². The molecule has 1 aromatic carbocycles. The molecule has 2 fully saturated rings. The summed E-state index contributed by atoms with van der Waals surface area (Å²) in [6.45, 7) is 3.92. The summed E-state index contributed by atoms with van der Waals surface area (Å²) in [6, 6.07) is 11.7. The van der Waals surface area contributed by atoms with Gasteiger partial charge in [0.05, 0.1) is 18.8 Å². The van der Waals surface area contributed by atoms with Crippen molar-refractivity contribution in [3.63, 3.8) is 0 Å². The number of rotatable bonds is 4. The maximum Gasteiger partial charge on any atom is 0.290 e. The van der Waals surface area contributed by atoms with Gasteiger partial charge in [0, 0.05) is 19.2 Å². The number of hydrogen-bond donors (Lipinski definition) is 1. The zero-order chi connectivity index (χ0) is 19.8. The number of aromatic nitrogens is 1. The molecule has 1 N–H and O–H groups in total. The number of hydrogen-bond acceptors (Lipinski definition) is 6. The van der Waals surface area contributed by atoms with E-state index in [-0.39, 0.29) is 24.5 Å². The highest BCUT2D eigenvalue weighted by molar-refractivity contribution is 5.92. The van der Waals surface area contributed by atoms with Crippen molar-refractivity contribution in [2.45, 2.75) is 25.0 Å². The summed E-state index contributed by atoms with van der Waals surface area (Å²) in [5.41, 5.74) is 1.45. The highest BCUT2D eigenvalue weighted by Gasteiger charge is 2.38. The van der Waals surface area contributed by atoms with E-state index < -0.39 is 0 Å². The Labute approximate surface area is 163 Å². The molecule has 8 heteroatoms. The van der Waals surface area contributed by atoms with Gasteiger partial charge in [0.25, 0.3) is 12.4 Å². The molecule has 0 bridgehead atoms. The van der Waals surface area contributed by atoms with Gasteiger partial charge in [-0.15, -0.1) is 0 Å². The lowest BCUT2D eigenvalue weighted by atomic mass is 9.97. The van der Waals surface area contributed by atoms with E-state index in [0.29, 0.717) is 18.8 Å². The monoisotopic (exact) mass is 387 g/mol. The van der Waals surface area contributed by atoms with Gasteiger partial charge in [-0.1, -0.05) is 35.5 Å². The van der Waals surface area contributed by atoms with E-state index in [1.54, 1.807) is 6.07 Å². The highest BCUT2D eigenvalue weighted by atomic mass is 16.5. The number of carbonyl (C=O) groups excluding carboxylic acids is 1. The van der Waals surface area contributed by atoms with Crippen LogP contribution >= 0.6 is 0 Å². The van der Waals surface area contributed by atoms with Gasteiger partial charge in [-0.25, -0.2) is 0 Å². The molecule has 3 heterocycles. The molecule has 4 rings (SSSR count). The smallest absolute Gasteiger partial charge is 0.290 e. The van der Waals surface area contributed by atoms with Gasteiger partial charge in [-0.2, -0.15) is 0 Å². The molecular formula is C20H25N3O5. The summed E-state index contributed by atoms with van der Waals surface area (Å²) in [4.78, 5) is 25.6. The Kier molecular flexibility index (Phi) is 7.16. The Hall–Kier alpha value is -2.71. The number of nitrogens with zero attached hydrogens (tertiary/aromatic N) is 3. The summed E-state index contributed by atoms with van der Waals surface area (Å²) in [6.07, 6.45) is 3.88. The van der Waals surface area contributed by atoms with Gasteiger partial charge in [0.1, 0.15) is 6.26 Å². The molecule has 2 aromatic rings. The third kappa shape index (κ3) is 4.76. The summed E-state index contributed by atoms with van der Waals surface area (Å²) in [7, 11) is 0. The van der Waals surface area contributed by atoms with Crippen LogP contribution in [0.2, 0.25) is 0 Å². The largest absolute Gasteiger partial charge is 0.483 e. The topological polar surface area (TPSA) is 96.1 Å². The van der Waals surface area contributed by atoms with E-state index in [0.717, 1.165) is 25.2 Å². The van der Waals surface area contributed by atoms with Gasteiger partial charge in [-0.3, -0.25) is 9.59 Å². The van der Waals surface area contributed by atoms with Crippen molar-refractivity contribution in [2.24, 2.45) is 0 Å². The average Bonchev–Trinajstić information content (AvgIpc) is 3.43. The van der Waals surface area contributed by atoms with Crippen molar-refractivity contribution < 1.29 is 24.0 Å². The minimum absolute atomic E-state index is 0.0369. The second kappa shape index (κ2) is 10.0. The van der Waals surface area contributed by atoms with Crippen molar-refractivity contribution in [2.75, 3.05) is 32.8 Å². The first-order valence-electron chi connectivity index (χ1n) is 9.42. The molecule has 0 unspecified atom stereocenters. The van der Waals surface area contributed by atoms with E-state index in [1.165, 1.54) is 19.1 Å². The predicted octanol–water partition coefficient (Wildman–Crippen LogP) is 2.05. The van der Waals surface area contributed by atoms with Crippen molar-refractivity contribution >= 4 is 12.4 Å². The molecule has 1 amide bonds. The number of morpholine rings is 1. The lowest BCUT2D eigenvalue weighted by molar-refractivity contribution is -0.122. The number of likely N-dealkylation sites (tertiary alicyclic amines) is 1. The number of amides is 1. The molecule has 0 saturated carbocycles. The Bertz CT molecular complexity index is 732. The first-order valence-corrected chi connectivity index (χ1v) is 9.42. The third-order valence-electron chi connectivity index (χ3n) is 5.05. The van der Waals surface area contributed by atoms with Crippen LogP contribution in [-0.2, 0) is 9.53 Å². The minimum atomic E-state index is -0.250. The van der Waals surface area contributed by atoms with Gasteiger partial charge < -0.3 is 24.2 Å². The van der Waals surface area contributed by atoms with Crippen molar-refractivity contribution in [1.29, 1.82) is 0 Å². The quantitative estimate of drug-likeness (QED) is 0.802. The first kappa shape index (κ1) is 20.0. The zero-order valence-corrected chi connectivity index (χ0v) is 15.6. The standard InChI is InChI=1S/C19H23N3O3.CH2O2/c23-19(16-8-12-25-20-16)22-11-13-24-17(14-21-9-4-5-10-21)18(22)15-6-2-1-3-7-15;2-1-3/h1-3,6-8,12,17-18H,4-5,9-11,13-14H2;1H,(H,2,3)/t17-,18-;/m0./s1.